The van der Waals surface area contributed by atoms with Crippen LogP contribution in [-0.4, -0.2) is 52.8 Å². The van der Waals surface area contributed by atoms with Crippen LogP contribution in [0.4, 0.5) is 4.39 Å². The number of nitrogens with zero attached hydrogens (tertiary/aromatic N) is 3. The van der Waals surface area contributed by atoms with Crippen LogP contribution in [0.15, 0.2) is 36.5 Å². The Bertz CT molecular complexity index is 803. The molecule has 1 aliphatic rings. The number of rotatable bonds is 2. The average Bonchev–Trinajstić information content (AvgIpc) is 2.60. The van der Waals surface area contributed by atoms with Crippen molar-refractivity contribution in [3.63, 3.8) is 0 Å². The fourth-order valence-corrected chi connectivity index (χ4v) is 3.22. The molecule has 1 aromatic heterocycles. The Morgan fingerprint density at radius 2 is 1.40 bits per heavy atom. The Labute approximate surface area is 154 Å². The summed E-state index contributed by atoms with van der Waals surface area (Å²) in [6.07, 6.45) is 1.26. The van der Waals surface area contributed by atoms with Gasteiger partial charge in [-0.1, -0.05) is 23.2 Å². The van der Waals surface area contributed by atoms with Crippen molar-refractivity contribution >= 4 is 35.0 Å². The first-order chi connectivity index (χ1) is 11.9. The predicted molar refractivity (Wildman–Crippen MR) is 92.5 cm³/mol. The van der Waals surface area contributed by atoms with E-state index in [0.717, 1.165) is 6.07 Å². The van der Waals surface area contributed by atoms with Crippen LogP contribution >= 0.6 is 23.2 Å². The lowest BCUT2D eigenvalue weighted by molar-refractivity contribution is 0.0535. The molecule has 130 valence electrons. The van der Waals surface area contributed by atoms with Gasteiger partial charge >= 0.3 is 0 Å². The molecule has 0 aliphatic carbocycles. The van der Waals surface area contributed by atoms with Crippen molar-refractivity contribution in [2.24, 2.45) is 0 Å². The van der Waals surface area contributed by atoms with E-state index in [0.29, 0.717) is 41.8 Å². The maximum absolute atomic E-state index is 13.2. The summed E-state index contributed by atoms with van der Waals surface area (Å²) in [5, 5.41) is 0.786. The van der Waals surface area contributed by atoms with Crippen LogP contribution in [0.5, 0.6) is 0 Å². The second kappa shape index (κ2) is 7.37. The van der Waals surface area contributed by atoms with Crippen molar-refractivity contribution in [3.8, 4) is 0 Å². The lowest BCUT2D eigenvalue weighted by Gasteiger charge is -2.35. The number of piperazine rings is 1. The van der Waals surface area contributed by atoms with E-state index in [4.69, 9.17) is 23.2 Å². The smallest absolute Gasteiger partial charge is 0.254 e. The molecular weight excluding hydrogens is 368 g/mol. The molecular formula is C17H14Cl2FN3O2. The van der Waals surface area contributed by atoms with E-state index in [1.165, 1.54) is 12.3 Å². The normalized spacial score (nSPS) is 14.5. The van der Waals surface area contributed by atoms with Gasteiger partial charge in [-0.15, -0.1) is 0 Å². The van der Waals surface area contributed by atoms with Gasteiger partial charge in [0.25, 0.3) is 11.8 Å². The fraction of sp³-hybridized carbons (Fsp3) is 0.235. The van der Waals surface area contributed by atoms with Crippen LogP contribution in [-0.2, 0) is 0 Å². The molecule has 0 spiro atoms. The van der Waals surface area contributed by atoms with E-state index >= 15 is 0 Å². The molecule has 1 aliphatic heterocycles. The molecule has 2 heterocycles. The average molecular weight is 382 g/mol. The zero-order valence-electron chi connectivity index (χ0n) is 13.1. The van der Waals surface area contributed by atoms with E-state index in [1.54, 1.807) is 28.0 Å². The van der Waals surface area contributed by atoms with E-state index in [1.807, 2.05) is 0 Å². The molecule has 2 aromatic rings. The number of amides is 2. The van der Waals surface area contributed by atoms with E-state index in [-0.39, 0.29) is 17.4 Å². The van der Waals surface area contributed by atoms with Crippen molar-refractivity contribution in [1.82, 2.24) is 14.8 Å². The third-order valence-electron chi connectivity index (χ3n) is 3.94. The monoisotopic (exact) mass is 381 g/mol. The molecule has 3 rings (SSSR count). The van der Waals surface area contributed by atoms with Gasteiger partial charge in [0.2, 0.25) is 5.95 Å². The van der Waals surface area contributed by atoms with Crippen LogP contribution in [0.2, 0.25) is 10.0 Å². The molecule has 0 saturated carbocycles. The summed E-state index contributed by atoms with van der Waals surface area (Å²) >= 11 is 11.9. The number of hydrogen-bond acceptors (Lipinski definition) is 3. The summed E-state index contributed by atoms with van der Waals surface area (Å²) in [5.41, 5.74) is 0.655. The summed E-state index contributed by atoms with van der Waals surface area (Å²) in [7, 11) is 0. The highest BCUT2D eigenvalue weighted by atomic mass is 35.5. The number of benzene rings is 1. The van der Waals surface area contributed by atoms with Gasteiger partial charge in [0.1, 0.15) is 0 Å². The van der Waals surface area contributed by atoms with Crippen LogP contribution in [0.1, 0.15) is 20.7 Å². The molecule has 0 bridgehead atoms. The molecule has 2 amide bonds. The quantitative estimate of drug-likeness (QED) is 0.750. The zero-order chi connectivity index (χ0) is 18.0. The summed E-state index contributed by atoms with van der Waals surface area (Å²) in [5.74, 6) is -1.16. The predicted octanol–water partition coefficient (Wildman–Crippen LogP) is 3.13. The van der Waals surface area contributed by atoms with Crippen molar-refractivity contribution < 1.29 is 14.0 Å². The number of carbonyl (C=O) groups excluding carboxylic acids is 2. The minimum absolute atomic E-state index is 0.188. The number of halogens is 3. The Kier molecular flexibility index (Phi) is 5.20. The number of carbonyl (C=O) groups is 2. The minimum atomic E-state index is -0.697. The highest BCUT2D eigenvalue weighted by molar-refractivity contribution is 6.35. The van der Waals surface area contributed by atoms with Crippen molar-refractivity contribution in [2.75, 3.05) is 26.2 Å². The molecule has 0 atom stereocenters. The lowest BCUT2D eigenvalue weighted by atomic mass is 10.1. The van der Waals surface area contributed by atoms with Crippen LogP contribution in [0.3, 0.4) is 0 Å². The highest BCUT2D eigenvalue weighted by Crippen LogP contribution is 2.21. The molecule has 1 aromatic carbocycles. The SMILES string of the molecule is O=C(c1cc(Cl)cc(Cl)c1)N1CCN(C(=O)c2ccnc(F)c2)CC1. The third-order valence-corrected chi connectivity index (χ3v) is 4.37. The first kappa shape index (κ1) is 17.6. The Hall–Kier alpha value is -2.18. The Morgan fingerprint density at radius 3 is 1.92 bits per heavy atom. The molecule has 0 unspecified atom stereocenters. The van der Waals surface area contributed by atoms with Crippen molar-refractivity contribution in [3.05, 3.63) is 63.6 Å². The Morgan fingerprint density at radius 1 is 0.880 bits per heavy atom. The standard InChI is InChI=1S/C17H14Cl2FN3O2/c18-13-7-12(8-14(19)10-13)17(25)23-5-3-22(4-6-23)16(24)11-1-2-21-15(20)9-11/h1-2,7-10H,3-6H2. The van der Waals surface area contributed by atoms with Gasteiger partial charge in [0, 0.05) is 59.6 Å². The van der Waals surface area contributed by atoms with Crippen LogP contribution in [0, 0.1) is 5.95 Å². The van der Waals surface area contributed by atoms with Gasteiger partial charge in [-0.05, 0) is 24.3 Å². The Balaban J connectivity index is 1.65. The molecule has 0 radical (unpaired) electrons. The second-order valence-electron chi connectivity index (χ2n) is 5.61. The highest BCUT2D eigenvalue weighted by Gasteiger charge is 2.26. The van der Waals surface area contributed by atoms with Gasteiger partial charge in [-0.2, -0.15) is 4.39 Å². The largest absolute Gasteiger partial charge is 0.335 e. The molecule has 1 fully saturated rings. The second-order valence-corrected chi connectivity index (χ2v) is 6.48. The van der Waals surface area contributed by atoms with E-state index in [9.17, 15) is 14.0 Å². The van der Waals surface area contributed by atoms with Gasteiger partial charge < -0.3 is 9.80 Å². The molecule has 0 N–H and O–H groups in total. The van der Waals surface area contributed by atoms with Gasteiger partial charge in [0.15, 0.2) is 0 Å². The van der Waals surface area contributed by atoms with Gasteiger partial charge in [0.05, 0.1) is 0 Å². The lowest BCUT2D eigenvalue weighted by Crippen LogP contribution is -2.50. The third kappa shape index (κ3) is 4.08. The first-order valence-corrected chi connectivity index (χ1v) is 8.36. The van der Waals surface area contributed by atoms with Crippen LogP contribution < -0.4 is 0 Å². The zero-order valence-corrected chi connectivity index (χ0v) is 14.6. The maximum atomic E-state index is 13.2. The van der Waals surface area contributed by atoms with Crippen LogP contribution in [0.25, 0.3) is 0 Å². The maximum Gasteiger partial charge on any atom is 0.254 e. The van der Waals surface area contributed by atoms with Gasteiger partial charge in [-0.25, -0.2) is 4.98 Å². The van der Waals surface area contributed by atoms with Crippen molar-refractivity contribution in [2.45, 2.75) is 0 Å². The molecule has 1 saturated heterocycles. The summed E-state index contributed by atoms with van der Waals surface area (Å²) in [6.45, 7) is 1.48. The van der Waals surface area contributed by atoms with E-state index < -0.39 is 5.95 Å². The summed E-state index contributed by atoms with van der Waals surface area (Å²) < 4.78 is 13.2. The topological polar surface area (TPSA) is 53.5 Å². The van der Waals surface area contributed by atoms with Crippen molar-refractivity contribution in [1.29, 1.82) is 0 Å². The minimum Gasteiger partial charge on any atom is -0.335 e. The van der Waals surface area contributed by atoms with Gasteiger partial charge in [-0.3, -0.25) is 9.59 Å². The molecule has 25 heavy (non-hydrogen) atoms. The first-order valence-electron chi connectivity index (χ1n) is 7.60. The molecule has 5 nitrogen and oxygen atoms in total. The number of aromatic nitrogens is 1. The summed E-state index contributed by atoms with van der Waals surface area (Å²) in [6, 6.07) is 7.26. The number of pyridine rings is 1. The number of hydrogen-bond donors (Lipinski definition) is 0. The fourth-order valence-electron chi connectivity index (χ4n) is 2.69. The summed E-state index contributed by atoms with van der Waals surface area (Å²) in [4.78, 5) is 31.6. The van der Waals surface area contributed by atoms with E-state index in [2.05, 4.69) is 4.98 Å². The molecule has 8 heteroatoms.